The minimum atomic E-state index is -0.409. The van der Waals surface area contributed by atoms with Gasteiger partial charge in [0.1, 0.15) is 11.6 Å². The molecule has 2 N–H and O–H groups in total. The number of nitrogens with one attached hydrogen (secondary N) is 2. The molecule has 0 saturated heterocycles. The maximum atomic E-state index is 12.0. The molecule has 25 heavy (non-hydrogen) atoms. The standard InChI is InChI=1S/C19H17BrClN3O/c20-17-5-1-14(2-6-17)9-10-23-13-16(11-22)19(25)24-12-15-3-7-18(21)8-4-15/h1-8,13,23H,9-10,12H2,(H,24,25)/b16-13-. The molecule has 0 saturated carbocycles. The number of nitriles is 1. The zero-order valence-corrected chi connectivity index (χ0v) is 15.8. The van der Waals surface area contributed by atoms with Crippen LogP contribution >= 0.6 is 27.5 Å². The number of rotatable bonds is 7. The number of amides is 1. The molecule has 2 aromatic rings. The van der Waals surface area contributed by atoms with E-state index in [0.29, 0.717) is 18.1 Å². The van der Waals surface area contributed by atoms with Crippen molar-refractivity contribution < 1.29 is 4.79 Å². The van der Waals surface area contributed by atoms with Gasteiger partial charge in [0.25, 0.3) is 5.91 Å². The molecule has 0 aliphatic heterocycles. The lowest BCUT2D eigenvalue weighted by Crippen LogP contribution is -2.25. The summed E-state index contributed by atoms with van der Waals surface area (Å²) in [7, 11) is 0. The van der Waals surface area contributed by atoms with Gasteiger partial charge in [-0.2, -0.15) is 5.26 Å². The molecule has 4 nitrogen and oxygen atoms in total. The van der Waals surface area contributed by atoms with E-state index >= 15 is 0 Å². The highest BCUT2D eigenvalue weighted by atomic mass is 79.9. The zero-order valence-electron chi connectivity index (χ0n) is 13.4. The molecule has 1 amide bonds. The van der Waals surface area contributed by atoms with Crippen molar-refractivity contribution in [1.82, 2.24) is 10.6 Å². The largest absolute Gasteiger partial charge is 0.389 e. The monoisotopic (exact) mass is 417 g/mol. The zero-order chi connectivity index (χ0) is 18.1. The van der Waals surface area contributed by atoms with Crippen molar-refractivity contribution in [2.75, 3.05) is 6.54 Å². The molecule has 2 rings (SSSR count). The van der Waals surface area contributed by atoms with Crippen LogP contribution in [0.25, 0.3) is 0 Å². The number of halogens is 2. The average Bonchev–Trinajstić information content (AvgIpc) is 2.62. The van der Waals surface area contributed by atoms with E-state index in [-0.39, 0.29) is 5.57 Å². The van der Waals surface area contributed by atoms with E-state index in [9.17, 15) is 4.79 Å². The molecular formula is C19H17BrClN3O. The Bertz CT molecular complexity index is 780. The van der Waals surface area contributed by atoms with Crippen LogP contribution in [0.15, 0.2) is 64.8 Å². The first kappa shape index (κ1) is 19.0. The minimum absolute atomic E-state index is 0.0461. The van der Waals surface area contributed by atoms with Gasteiger partial charge in [0.15, 0.2) is 0 Å². The number of hydrogen-bond acceptors (Lipinski definition) is 3. The van der Waals surface area contributed by atoms with Crippen molar-refractivity contribution in [3.05, 3.63) is 80.9 Å². The highest BCUT2D eigenvalue weighted by molar-refractivity contribution is 9.10. The van der Waals surface area contributed by atoms with Gasteiger partial charge in [-0.05, 0) is 41.8 Å². The predicted molar refractivity (Wildman–Crippen MR) is 103 cm³/mol. The normalized spacial score (nSPS) is 10.8. The maximum absolute atomic E-state index is 12.0. The molecular weight excluding hydrogens is 402 g/mol. The third-order valence-corrected chi connectivity index (χ3v) is 4.23. The molecule has 0 fully saturated rings. The van der Waals surface area contributed by atoms with Crippen LogP contribution in [0.4, 0.5) is 0 Å². The van der Waals surface area contributed by atoms with Crippen molar-refractivity contribution in [3.63, 3.8) is 0 Å². The van der Waals surface area contributed by atoms with E-state index in [1.165, 1.54) is 11.8 Å². The Balaban J connectivity index is 1.80. The van der Waals surface area contributed by atoms with Crippen LogP contribution in [-0.4, -0.2) is 12.5 Å². The van der Waals surface area contributed by atoms with Crippen LogP contribution < -0.4 is 10.6 Å². The van der Waals surface area contributed by atoms with Crippen molar-refractivity contribution in [2.45, 2.75) is 13.0 Å². The number of carbonyl (C=O) groups excluding carboxylic acids is 1. The fourth-order valence-corrected chi connectivity index (χ4v) is 2.46. The number of nitrogens with zero attached hydrogens (tertiary/aromatic N) is 1. The molecule has 0 spiro atoms. The number of hydrogen-bond donors (Lipinski definition) is 2. The topological polar surface area (TPSA) is 64.9 Å². The van der Waals surface area contributed by atoms with Crippen LogP contribution in [0.1, 0.15) is 11.1 Å². The van der Waals surface area contributed by atoms with Crippen LogP contribution in [0.3, 0.4) is 0 Å². The lowest BCUT2D eigenvalue weighted by Gasteiger charge is -2.06. The summed E-state index contributed by atoms with van der Waals surface area (Å²) in [6.45, 7) is 0.977. The Hall–Kier alpha value is -2.29. The second-order valence-corrected chi connectivity index (χ2v) is 6.66. The van der Waals surface area contributed by atoms with E-state index in [2.05, 4.69) is 26.6 Å². The van der Waals surface area contributed by atoms with Gasteiger partial charge in [-0.3, -0.25) is 4.79 Å². The van der Waals surface area contributed by atoms with E-state index in [1.54, 1.807) is 12.1 Å². The third-order valence-electron chi connectivity index (χ3n) is 3.45. The molecule has 0 aromatic heterocycles. The Labute approximate surface area is 160 Å². The Morgan fingerprint density at radius 3 is 2.40 bits per heavy atom. The predicted octanol–water partition coefficient (Wildman–Crippen LogP) is 3.96. The summed E-state index contributed by atoms with van der Waals surface area (Å²) in [4.78, 5) is 12.0. The van der Waals surface area contributed by atoms with Crippen molar-refractivity contribution in [1.29, 1.82) is 5.26 Å². The highest BCUT2D eigenvalue weighted by Gasteiger charge is 2.08. The van der Waals surface area contributed by atoms with Crippen LogP contribution in [-0.2, 0) is 17.8 Å². The van der Waals surface area contributed by atoms with Crippen LogP contribution in [0.2, 0.25) is 5.02 Å². The van der Waals surface area contributed by atoms with E-state index in [0.717, 1.165) is 16.5 Å². The van der Waals surface area contributed by atoms with Gasteiger partial charge in [-0.1, -0.05) is 51.8 Å². The minimum Gasteiger partial charge on any atom is -0.389 e. The highest BCUT2D eigenvalue weighted by Crippen LogP contribution is 2.11. The van der Waals surface area contributed by atoms with E-state index in [1.807, 2.05) is 42.5 Å². The van der Waals surface area contributed by atoms with Gasteiger partial charge in [0.2, 0.25) is 0 Å². The van der Waals surface area contributed by atoms with Gasteiger partial charge in [-0.15, -0.1) is 0 Å². The van der Waals surface area contributed by atoms with Gasteiger partial charge in [0, 0.05) is 28.8 Å². The summed E-state index contributed by atoms with van der Waals surface area (Å²) >= 11 is 9.21. The number of benzene rings is 2. The maximum Gasteiger partial charge on any atom is 0.263 e. The quantitative estimate of drug-likeness (QED) is 0.406. The molecule has 0 heterocycles. The Morgan fingerprint density at radius 2 is 1.76 bits per heavy atom. The molecule has 0 radical (unpaired) electrons. The first-order valence-corrected chi connectivity index (χ1v) is 8.86. The molecule has 0 aliphatic rings. The molecule has 2 aromatic carbocycles. The molecule has 0 bridgehead atoms. The smallest absolute Gasteiger partial charge is 0.263 e. The van der Waals surface area contributed by atoms with Gasteiger partial charge >= 0.3 is 0 Å². The summed E-state index contributed by atoms with van der Waals surface area (Å²) in [6, 6.07) is 17.1. The molecule has 0 unspecified atom stereocenters. The van der Waals surface area contributed by atoms with Gasteiger partial charge in [-0.25, -0.2) is 0 Å². The number of carbonyl (C=O) groups is 1. The van der Waals surface area contributed by atoms with E-state index < -0.39 is 5.91 Å². The first-order chi connectivity index (χ1) is 12.1. The Morgan fingerprint density at radius 1 is 1.12 bits per heavy atom. The molecule has 0 aliphatic carbocycles. The lowest BCUT2D eigenvalue weighted by molar-refractivity contribution is -0.117. The fourth-order valence-electron chi connectivity index (χ4n) is 2.07. The third kappa shape index (κ3) is 6.61. The second kappa shape index (κ2) is 9.87. The Kier molecular flexibility index (Phi) is 7.52. The SMILES string of the molecule is N#C/C(=C/NCCc1ccc(Br)cc1)C(=O)NCc1ccc(Cl)cc1. The summed E-state index contributed by atoms with van der Waals surface area (Å²) in [5.41, 5.74) is 2.14. The average molecular weight is 419 g/mol. The summed E-state index contributed by atoms with van der Waals surface area (Å²) < 4.78 is 1.04. The molecule has 0 atom stereocenters. The molecule has 128 valence electrons. The van der Waals surface area contributed by atoms with E-state index in [4.69, 9.17) is 16.9 Å². The van der Waals surface area contributed by atoms with Crippen molar-refractivity contribution >= 4 is 33.4 Å². The van der Waals surface area contributed by atoms with Crippen LogP contribution in [0.5, 0.6) is 0 Å². The fraction of sp³-hybridized carbons (Fsp3) is 0.158. The van der Waals surface area contributed by atoms with Gasteiger partial charge in [0.05, 0.1) is 0 Å². The van der Waals surface area contributed by atoms with Crippen molar-refractivity contribution in [3.8, 4) is 6.07 Å². The second-order valence-electron chi connectivity index (χ2n) is 5.31. The summed E-state index contributed by atoms with van der Waals surface area (Å²) in [5.74, 6) is -0.409. The van der Waals surface area contributed by atoms with Crippen LogP contribution in [0, 0.1) is 11.3 Å². The summed E-state index contributed by atoms with van der Waals surface area (Å²) in [5, 5.41) is 15.5. The molecule has 6 heteroatoms. The lowest BCUT2D eigenvalue weighted by atomic mass is 10.1. The summed E-state index contributed by atoms with van der Waals surface area (Å²) in [6.07, 6.45) is 2.25. The van der Waals surface area contributed by atoms with Gasteiger partial charge < -0.3 is 10.6 Å². The first-order valence-electron chi connectivity index (χ1n) is 7.69. The van der Waals surface area contributed by atoms with Crippen molar-refractivity contribution in [2.24, 2.45) is 0 Å².